The van der Waals surface area contributed by atoms with Crippen LogP contribution in [0, 0.1) is 0 Å². The van der Waals surface area contributed by atoms with Crippen molar-refractivity contribution < 1.29 is 9.63 Å². The van der Waals surface area contributed by atoms with E-state index in [2.05, 4.69) is 4.90 Å². The molecule has 4 nitrogen and oxygen atoms in total. The lowest BCUT2D eigenvalue weighted by molar-refractivity contribution is -0.140. The highest BCUT2D eigenvalue weighted by atomic mass is 16.7. The van der Waals surface area contributed by atoms with E-state index in [1.165, 1.54) is 11.7 Å². The van der Waals surface area contributed by atoms with Gasteiger partial charge in [-0.25, -0.2) is 4.79 Å². The summed E-state index contributed by atoms with van der Waals surface area (Å²) in [6.45, 7) is 2.22. The van der Waals surface area contributed by atoms with Crippen LogP contribution in [0.25, 0.3) is 10.9 Å². The van der Waals surface area contributed by atoms with Crippen molar-refractivity contribution in [2.75, 3.05) is 14.1 Å². The topological polar surface area (TPSA) is 34.5 Å². The first kappa shape index (κ1) is 11.7. The molecule has 1 aromatic carbocycles. The molecule has 0 atom stereocenters. The molecule has 2 rings (SSSR count). The van der Waals surface area contributed by atoms with Crippen molar-refractivity contribution >= 4 is 16.9 Å². The molecule has 1 aromatic heterocycles. The van der Waals surface area contributed by atoms with E-state index in [4.69, 9.17) is 4.84 Å². The van der Waals surface area contributed by atoms with Gasteiger partial charge in [0, 0.05) is 25.1 Å². The average Bonchev–Trinajstić information content (AvgIpc) is 2.56. The van der Waals surface area contributed by atoms with Crippen LogP contribution in [0.2, 0.25) is 0 Å². The maximum atomic E-state index is 11.0. The molecule has 0 fully saturated rings. The molecule has 0 amide bonds. The van der Waals surface area contributed by atoms with Gasteiger partial charge >= 0.3 is 5.97 Å². The predicted molar refractivity (Wildman–Crippen MR) is 66.6 cm³/mol. The summed E-state index contributed by atoms with van der Waals surface area (Å²) in [5, 5.41) is 1.11. The third kappa shape index (κ3) is 2.47. The highest BCUT2D eigenvalue weighted by Crippen LogP contribution is 2.21. The minimum atomic E-state index is -0.317. The number of carbonyl (C=O) groups is 1. The van der Waals surface area contributed by atoms with Gasteiger partial charge in [-0.2, -0.15) is 4.73 Å². The SMILES string of the molecule is CC(=O)On1cc(CN(C)C)c2ccccc21. The first-order chi connectivity index (χ1) is 8.08. The predicted octanol–water partition coefficient (Wildman–Crippen LogP) is 1.68. The number of para-hydroxylation sites is 1. The van der Waals surface area contributed by atoms with Gasteiger partial charge in [0.25, 0.3) is 0 Å². The van der Waals surface area contributed by atoms with E-state index in [0.29, 0.717) is 0 Å². The largest absolute Gasteiger partial charge is 0.337 e. The van der Waals surface area contributed by atoms with Crippen LogP contribution < -0.4 is 4.84 Å². The third-order valence-electron chi connectivity index (χ3n) is 2.47. The molecule has 17 heavy (non-hydrogen) atoms. The molecule has 0 saturated carbocycles. The van der Waals surface area contributed by atoms with Gasteiger partial charge in [0.1, 0.15) is 0 Å². The van der Waals surface area contributed by atoms with Crippen molar-refractivity contribution in [3.8, 4) is 0 Å². The Labute approximate surface area is 100 Å². The van der Waals surface area contributed by atoms with E-state index in [0.717, 1.165) is 23.0 Å². The fourth-order valence-electron chi connectivity index (χ4n) is 1.90. The first-order valence-corrected chi connectivity index (χ1v) is 5.50. The fourth-order valence-corrected chi connectivity index (χ4v) is 1.90. The summed E-state index contributed by atoms with van der Waals surface area (Å²) in [6, 6.07) is 7.90. The van der Waals surface area contributed by atoms with Crippen LogP contribution in [0.1, 0.15) is 12.5 Å². The fraction of sp³-hybridized carbons (Fsp3) is 0.308. The van der Waals surface area contributed by atoms with E-state index in [-0.39, 0.29) is 5.97 Å². The van der Waals surface area contributed by atoms with Crippen LogP contribution in [0.5, 0.6) is 0 Å². The zero-order valence-electron chi connectivity index (χ0n) is 10.3. The highest BCUT2D eigenvalue weighted by Gasteiger charge is 2.10. The second-order valence-corrected chi connectivity index (χ2v) is 4.32. The Hall–Kier alpha value is -1.81. The Kier molecular flexibility index (Phi) is 3.15. The number of fused-ring (bicyclic) bond motifs is 1. The minimum Gasteiger partial charge on any atom is -0.337 e. The molecule has 0 radical (unpaired) electrons. The van der Waals surface area contributed by atoms with Gasteiger partial charge in [-0.1, -0.05) is 18.2 Å². The molecule has 0 unspecified atom stereocenters. The Morgan fingerprint density at radius 3 is 2.71 bits per heavy atom. The van der Waals surface area contributed by atoms with Crippen LogP contribution >= 0.6 is 0 Å². The maximum Gasteiger partial charge on any atom is 0.329 e. The van der Waals surface area contributed by atoms with Crippen molar-refractivity contribution in [2.45, 2.75) is 13.5 Å². The monoisotopic (exact) mass is 232 g/mol. The highest BCUT2D eigenvalue weighted by molar-refractivity contribution is 5.84. The quantitative estimate of drug-likeness (QED) is 0.807. The summed E-state index contributed by atoms with van der Waals surface area (Å²) in [5.74, 6) is -0.317. The van der Waals surface area contributed by atoms with Crippen LogP contribution in [0.3, 0.4) is 0 Å². The van der Waals surface area contributed by atoms with E-state index < -0.39 is 0 Å². The van der Waals surface area contributed by atoms with Crippen molar-refractivity contribution in [3.63, 3.8) is 0 Å². The molecular weight excluding hydrogens is 216 g/mol. The van der Waals surface area contributed by atoms with Crippen molar-refractivity contribution in [2.24, 2.45) is 0 Å². The summed E-state index contributed by atoms with van der Waals surface area (Å²) < 4.78 is 1.54. The molecular formula is C13H16N2O2. The van der Waals surface area contributed by atoms with Crippen LogP contribution in [0.15, 0.2) is 30.5 Å². The number of nitrogens with zero attached hydrogens (tertiary/aromatic N) is 2. The van der Waals surface area contributed by atoms with Gasteiger partial charge in [-0.3, -0.25) is 0 Å². The number of benzene rings is 1. The lowest BCUT2D eigenvalue weighted by atomic mass is 10.2. The van der Waals surface area contributed by atoms with Crippen LogP contribution in [0.4, 0.5) is 0 Å². The molecule has 0 aliphatic heterocycles. The number of aromatic nitrogens is 1. The normalized spacial score (nSPS) is 11.1. The van der Waals surface area contributed by atoms with Crippen molar-refractivity contribution in [3.05, 3.63) is 36.0 Å². The Bertz CT molecular complexity index is 543. The molecule has 0 N–H and O–H groups in total. The maximum absolute atomic E-state index is 11.0. The number of rotatable bonds is 3. The van der Waals surface area contributed by atoms with Gasteiger partial charge in [0.15, 0.2) is 0 Å². The second-order valence-electron chi connectivity index (χ2n) is 4.32. The standard InChI is InChI=1S/C13H16N2O2/c1-10(16)17-15-9-11(8-14(2)3)12-6-4-5-7-13(12)15/h4-7,9H,8H2,1-3H3. The third-order valence-corrected chi connectivity index (χ3v) is 2.47. The Balaban J connectivity index is 2.50. The lowest BCUT2D eigenvalue weighted by Gasteiger charge is -2.07. The van der Waals surface area contributed by atoms with Crippen molar-refractivity contribution in [1.29, 1.82) is 0 Å². The van der Waals surface area contributed by atoms with Crippen LogP contribution in [-0.4, -0.2) is 29.7 Å². The van der Waals surface area contributed by atoms with Gasteiger partial charge in [-0.15, -0.1) is 0 Å². The second kappa shape index (κ2) is 4.59. The molecule has 0 aliphatic rings. The minimum absolute atomic E-state index is 0.317. The Morgan fingerprint density at radius 1 is 1.35 bits per heavy atom. The molecule has 90 valence electrons. The molecule has 2 aromatic rings. The molecule has 0 bridgehead atoms. The smallest absolute Gasteiger partial charge is 0.329 e. The van der Waals surface area contributed by atoms with Gasteiger partial charge < -0.3 is 9.74 Å². The number of hydrogen-bond donors (Lipinski definition) is 0. The van der Waals surface area contributed by atoms with Gasteiger partial charge in [0.2, 0.25) is 0 Å². The van der Waals surface area contributed by atoms with E-state index in [1.807, 2.05) is 44.6 Å². The van der Waals surface area contributed by atoms with E-state index in [9.17, 15) is 4.79 Å². The summed E-state index contributed by atoms with van der Waals surface area (Å²) in [4.78, 5) is 18.3. The molecule has 4 heteroatoms. The molecule has 1 heterocycles. The lowest BCUT2D eigenvalue weighted by Crippen LogP contribution is -2.15. The zero-order chi connectivity index (χ0) is 12.4. The summed E-state index contributed by atoms with van der Waals surface area (Å²) in [6.07, 6.45) is 1.87. The number of carbonyl (C=O) groups excluding carboxylic acids is 1. The zero-order valence-corrected chi connectivity index (χ0v) is 10.3. The Morgan fingerprint density at radius 2 is 2.06 bits per heavy atom. The van der Waals surface area contributed by atoms with E-state index in [1.54, 1.807) is 0 Å². The summed E-state index contributed by atoms with van der Waals surface area (Å²) in [7, 11) is 4.02. The first-order valence-electron chi connectivity index (χ1n) is 5.50. The summed E-state index contributed by atoms with van der Waals surface area (Å²) in [5.41, 5.74) is 2.06. The van der Waals surface area contributed by atoms with Gasteiger partial charge in [-0.05, 0) is 25.7 Å². The summed E-state index contributed by atoms with van der Waals surface area (Å²) >= 11 is 0. The molecule has 0 spiro atoms. The van der Waals surface area contributed by atoms with Gasteiger partial charge in [0.05, 0.1) is 5.52 Å². The van der Waals surface area contributed by atoms with Crippen molar-refractivity contribution in [1.82, 2.24) is 9.63 Å². The average molecular weight is 232 g/mol. The number of hydrogen-bond acceptors (Lipinski definition) is 3. The molecule has 0 aliphatic carbocycles. The molecule has 0 saturated heterocycles. The van der Waals surface area contributed by atoms with E-state index >= 15 is 0 Å². The van der Waals surface area contributed by atoms with Crippen LogP contribution in [-0.2, 0) is 11.3 Å².